The second kappa shape index (κ2) is 4.32. The van der Waals surface area contributed by atoms with Crippen molar-refractivity contribution >= 4 is 11.9 Å². The van der Waals surface area contributed by atoms with Gasteiger partial charge >= 0.3 is 6.18 Å². The average molecular weight is 278 g/mol. The standard InChI is InChI=1S/C10H10F4N4O/c11-9(7(15)19)2-4-18(5-9)8-16-3-1-6(17-8)10(12,13)14/h1,3H,2,4-5H2,(H2,15,19). The van der Waals surface area contributed by atoms with Gasteiger partial charge in [-0.2, -0.15) is 13.2 Å². The van der Waals surface area contributed by atoms with Gasteiger partial charge in [0.2, 0.25) is 11.6 Å². The lowest BCUT2D eigenvalue weighted by Gasteiger charge is -2.18. The van der Waals surface area contributed by atoms with Crippen LogP contribution in [0.25, 0.3) is 0 Å². The van der Waals surface area contributed by atoms with Crippen molar-refractivity contribution in [3.63, 3.8) is 0 Å². The first kappa shape index (κ1) is 13.5. The lowest BCUT2D eigenvalue weighted by molar-refractivity contribution is -0.141. The van der Waals surface area contributed by atoms with Gasteiger partial charge in [0.25, 0.3) is 5.91 Å². The van der Waals surface area contributed by atoms with Crippen LogP contribution in [-0.2, 0) is 11.0 Å². The molecule has 1 unspecified atom stereocenters. The highest BCUT2D eigenvalue weighted by Crippen LogP contribution is 2.31. The number of nitrogens with two attached hydrogens (primary N) is 1. The Morgan fingerprint density at radius 1 is 1.47 bits per heavy atom. The average Bonchev–Trinajstić information content (AvgIpc) is 2.73. The quantitative estimate of drug-likeness (QED) is 0.816. The molecule has 1 aliphatic rings. The Hall–Kier alpha value is -1.93. The summed E-state index contributed by atoms with van der Waals surface area (Å²) in [6.45, 7) is -0.412. The summed E-state index contributed by atoms with van der Waals surface area (Å²) in [5, 5.41) is 0. The fraction of sp³-hybridized carbons (Fsp3) is 0.500. The number of carbonyl (C=O) groups excluding carboxylic acids is 1. The third-order valence-electron chi connectivity index (χ3n) is 2.88. The number of carbonyl (C=O) groups is 1. The van der Waals surface area contributed by atoms with E-state index < -0.39 is 30.0 Å². The fourth-order valence-electron chi connectivity index (χ4n) is 1.80. The van der Waals surface area contributed by atoms with Crippen LogP contribution >= 0.6 is 0 Å². The van der Waals surface area contributed by atoms with Crippen LogP contribution in [0.4, 0.5) is 23.5 Å². The number of anilines is 1. The van der Waals surface area contributed by atoms with Crippen LogP contribution in [0.1, 0.15) is 12.1 Å². The van der Waals surface area contributed by atoms with E-state index >= 15 is 0 Å². The molecule has 19 heavy (non-hydrogen) atoms. The third-order valence-corrected chi connectivity index (χ3v) is 2.88. The number of rotatable bonds is 2. The van der Waals surface area contributed by atoms with Gasteiger partial charge < -0.3 is 10.6 Å². The van der Waals surface area contributed by atoms with E-state index in [1.165, 1.54) is 4.90 Å². The van der Waals surface area contributed by atoms with Crippen molar-refractivity contribution in [3.8, 4) is 0 Å². The molecule has 0 radical (unpaired) electrons. The van der Waals surface area contributed by atoms with Crippen LogP contribution in [0.3, 0.4) is 0 Å². The summed E-state index contributed by atoms with van der Waals surface area (Å²) in [5.41, 5.74) is 1.54. The second-order valence-corrected chi connectivity index (χ2v) is 4.24. The number of amides is 1. The predicted molar refractivity (Wildman–Crippen MR) is 56.9 cm³/mol. The molecule has 2 rings (SSSR count). The maximum atomic E-state index is 13.9. The van der Waals surface area contributed by atoms with E-state index in [1.807, 2.05) is 0 Å². The van der Waals surface area contributed by atoms with Crippen LogP contribution < -0.4 is 10.6 Å². The summed E-state index contributed by atoms with van der Waals surface area (Å²) in [5.74, 6) is -1.41. The van der Waals surface area contributed by atoms with Gasteiger partial charge in [-0.05, 0) is 6.07 Å². The molecule has 1 aliphatic heterocycles. The number of hydrogen-bond donors (Lipinski definition) is 1. The van der Waals surface area contributed by atoms with Crippen molar-refractivity contribution in [2.24, 2.45) is 5.73 Å². The predicted octanol–water partition coefficient (Wildman–Crippen LogP) is 0.899. The highest BCUT2D eigenvalue weighted by molar-refractivity contribution is 5.84. The molecule has 1 amide bonds. The minimum absolute atomic E-state index is 0.0285. The molecule has 1 aromatic heterocycles. The Labute approximate surface area is 105 Å². The molecule has 1 fully saturated rings. The molecule has 1 aromatic rings. The first-order chi connectivity index (χ1) is 8.72. The molecule has 0 saturated carbocycles. The molecule has 104 valence electrons. The van der Waals surface area contributed by atoms with Crippen molar-refractivity contribution in [1.82, 2.24) is 9.97 Å². The van der Waals surface area contributed by atoms with Gasteiger partial charge in [-0.15, -0.1) is 0 Å². The molecule has 0 bridgehead atoms. The largest absolute Gasteiger partial charge is 0.433 e. The number of hydrogen-bond acceptors (Lipinski definition) is 4. The van der Waals surface area contributed by atoms with Crippen LogP contribution in [-0.4, -0.2) is 34.6 Å². The van der Waals surface area contributed by atoms with Gasteiger partial charge in [-0.25, -0.2) is 14.4 Å². The maximum absolute atomic E-state index is 13.9. The normalized spacial score (nSPS) is 23.7. The SMILES string of the molecule is NC(=O)C1(F)CCN(c2nccc(C(F)(F)F)n2)C1. The first-order valence-corrected chi connectivity index (χ1v) is 5.36. The van der Waals surface area contributed by atoms with Crippen LogP contribution in [0.2, 0.25) is 0 Å². The molecule has 5 nitrogen and oxygen atoms in total. The number of aromatic nitrogens is 2. The Bertz CT molecular complexity index is 507. The molecule has 0 spiro atoms. The molecular weight excluding hydrogens is 268 g/mol. The Morgan fingerprint density at radius 2 is 2.16 bits per heavy atom. The van der Waals surface area contributed by atoms with Crippen LogP contribution in [0.15, 0.2) is 12.3 Å². The van der Waals surface area contributed by atoms with Crippen molar-refractivity contribution < 1.29 is 22.4 Å². The van der Waals surface area contributed by atoms with Crippen molar-refractivity contribution in [3.05, 3.63) is 18.0 Å². The summed E-state index contributed by atoms with van der Waals surface area (Å²) >= 11 is 0. The molecule has 0 aromatic carbocycles. The molecule has 0 aliphatic carbocycles. The van der Waals surface area contributed by atoms with Gasteiger partial charge in [-0.1, -0.05) is 0 Å². The van der Waals surface area contributed by atoms with Gasteiger partial charge in [0, 0.05) is 19.2 Å². The number of alkyl halides is 4. The third kappa shape index (κ3) is 2.59. The number of halogens is 4. The highest BCUT2D eigenvalue weighted by Gasteiger charge is 2.45. The summed E-state index contributed by atoms with van der Waals surface area (Å²) in [6.07, 6.45) is -3.86. The summed E-state index contributed by atoms with van der Waals surface area (Å²) in [6, 6.07) is 0.719. The minimum atomic E-state index is -4.60. The van der Waals surface area contributed by atoms with Gasteiger partial charge in [0.1, 0.15) is 5.69 Å². The zero-order chi connectivity index (χ0) is 14.3. The molecule has 2 N–H and O–H groups in total. The maximum Gasteiger partial charge on any atom is 0.433 e. The zero-order valence-corrected chi connectivity index (χ0v) is 9.62. The van der Waals surface area contributed by atoms with Crippen molar-refractivity contribution in [2.45, 2.75) is 18.3 Å². The van der Waals surface area contributed by atoms with E-state index in [0.717, 1.165) is 12.3 Å². The smallest absolute Gasteiger partial charge is 0.367 e. The van der Waals surface area contributed by atoms with Gasteiger partial charge in [-0.3, -0.25) is 4.79 Å². The minimum Gasteiger partial charge on any atom is -0.367 e. The van der Waals surface area contributed by atoms with E-state index in [0.29, 0.717) is 0 Å². The van der Waals surface area contributed by atoms with Crippen molar-refractivity contribution in [2.75, 3.05) is 18.0 Å². The van der Waals surface area contributed by atoms with E-state index in [1.54, 1.807) is 0 Å². The fourth-order valence-corrected chi connectivity index (χ4v) is 1.80. The Balaban J connectivity index is 2.23. The van der Waals surface area contributed by atoms with Gasteiger partial charge in [0.15, 0.2) is 0 Å². The summed E-state index contributed by atoms with van der Waals surface area (Å²) < 4.78 is 51.3. The zero-order valence-electron chi connectivity index (χ0n) is 9.62. The first-order valence-electron chi connectivity index (χ1n) is 5.36. The molecular formula is C10H10F4N4O. The Morgan fingerprint density at radius 3 is 2.68 bits per heavy atom. The molecule has 9 heteroatoms. The van der Waals surface area contributed by atoms with Gasteiger partial charge in [0.05, 0.1) is 6.54 Å². The second-order valence-electron chi connectivity index (χ2n) is 4.24. The number of primary amides is 1. The van der Waals surface area contributed by atoms with E-state index in [-0.39, 0.29) is 18.9 Å². The van der Waals surface area contributed by atoms with Crippen molar-refractivity contribution in [1.29, 1.82) is 0 Å². The Kier molecular flexibility index (Phi) is 3.07. The van der Waals surface area contributed by atoms with Crippen LogP contribution in [0, 0.1) is 0 Å². The molecule has 1 atom stereocenters. The van der Waals surface area contributed by atoms with E-state index in [2.05, 4.69) is 9.97 Å². The van der Waals surface area contributed by atoms with Crippen LogP contribution in [0.5, 0.6) is 0 Å². The highest BCUT2D eigenvalue weighted by atomic mass is 19.4. The topological polar surface area (TPSA) is 72.1 Å². The lowest BCUT2D eigenvalue weighted by Crippen LogP contribution is -2.42. The summed E-state index contributed by atoms with van der Waals surface area (Å²) in [4.78, 5) is 19.1. The molecule has 2 heterocycles. The monoisotopic (exact) mass is 278 g/mol. The van der Waals surface area contributed by atoms with E-state index in [4.69, 9.17) is 5.73 Å². The molecule has 1 saturated heterocycles. The lowest BCUT2D eigenvalue weighted by atomic mass is 10.1. The number of nitrogens with zero attached hydrogens (tertiary/aromatic N) is 3. The van der Waals surface area contributed by atoms with E-state index in [9.17, 15) is 22.4 Å². The summed E-state index contributed by atoms with van der Waals surface area (Å²) in [7, 11) is 0.